The van der Waals surface area contributed by atoms with Gasteiger partial charge in [-0.2, -0.15) is 0 Å². The number of carbonyl (C=O) groups excluding carboxylic acids is 2. The van der Waals surface area contributed by atoms with Crippen LogP contribution in [0, 0.1) is 23.3 Å². The fourth-order valence-electron chi connectivity index (χ4n) is 14.1. The van der Waals surface area contributed by atoms with Crippen molar-refractivity contribution in [3.8, 4) is 45.1 Å². The molecule has 0 aliphatic carbocycles. The molecule has 4 atom stereocenters. The fraction of sp³-hybridized carbons (Fsp3) is 0.362. The molecule has 8 heterocycles. The molecule has 0 radical (unpaired) electrons. The number of likely N-dealkylation sites (N-methyl/N-ethyl adjacent to an activating group) is 1. The second-order valence-electron chi connectivity index (χ2n) is 25.8. The van der Waals surface area contributed by atoms with Crippen LogP contribution in [0.5, 0.6) is 11.5 Å². The Hall–Kier alpha value is -9.02. The van der Waals surface area contributed by atoms with Crippen molar-refractivity contribution in [2.45, 2.75) is 117 Å². The van der Waals surface area contributed by atoms with E-state index in [0.717, 1.165) is 12.1 Å². The number of nitrogens with one attached hydrogen (secondary N) is 1. The smallest absolute Gasteiger partial charge is 0.281 e. The molecule has 4 aliphatic rings. The van der Waals surface area contributed by atoms with E-state index >= 15 is 31.9 Å². The van der Waals surface area contributed by atoms with E-state index in [4.69, 9.17) is 33.2 Å². The minimum absolute atomic E-state index is 0.0446. The molecule has 0 bridgehead atoms. The number of anilines is 4. The van der Waals surface area contributed by atoms with Gasteiger partial charge in [-0.15, -0.1) is 0 Å². The van der Waals surface area contributed by atoms with Gasteiger partial charge in [0.1, 0.15) is 40.8 Å². The number of fused-ring (bicyclic) bond motifs is 10. The van der Waals surface area contributed by atoms with Crippen molar-refractivity contribution in [1.82, 2.24) is 38.9 Å². The van der Waals surface area contributed by atoms with Crippen LogP contribution in [0.3, 0.4) is 0 Å². The van der Waals surface area contributed by atoms with Crippen LogP contribution in [0.2, 0.25) is 10.0 Å². The molecule has 2 fully saturated rings. The Labute approximate surface area is 544 Å². The van der Waals surface area contributed by atoms with E-state index < -0.39 is 104 Å². The first-order chi connectivity index (χ1) is 44.1. The first kappa shape index (κ1) is 64.1. The number of hydrogen-bond donors (Lipinski definition) is 3. The van der Waals surface area contributed by atoms with Gasteiger partial charge in [0.25, 0.3) is 17.0 Å². The standard InChI is InChI=1S/C69H70Cl2F4N12O6/c1-14-47(90)82-27-37-23-76-58-61(84(37)24-34(82)10)39-21-41(70)48(50-43(72)17-15-19-45(50)88)52(74)59(39)86(68(58)92)64-56(32(6)7)79-66(80-57(64)33(8)9)36(12)67(91)83-28-38-26-81(13)65-62(85(38)25-35(83)11)40-22-42(71)49(51-44(73)18-16-20-46(51)89)53(75)60(40)87(69(65)93)63-54(30(2)3)77-29-78-55(63)31(4)5/h14-22,29-35,37-38,76,88-89H,1,12,23-28H2,2-11,13H3. The molecular formula is C69H70Cl2F4N12O6. The molecule has 4 aliphatic heterocycles. The molecule has 2 saturated heterocycles. The van der Waals surface area contributed by atoms with Crippen molar-refractivity contribution < 1.29 is 37.4 Å². The molecular weight excluding hydrogens is 1240 g/mol. The molecule has 4 unspecified atom stereocenters. The number of phenols is 2. The lowest BCUT2D eigenvalue weighted by Gasteiger charge is -2.51. The third-order valence-corrected chi connectivity index (χ3v) is 19.0. The number of benzene rings is 4. The number of halogens is 6. The van der Waals surface area contributed by atoms with E-state index in [-0.39, 0.29) is 140 Å². The third kappa shape index (κ3) is 10.1. The van der Waals surface area contributed by atoms with Gasteiger partial charge in [-0.3, -0.25) is 28.3 Å². The average Bonchev–Trinajstić information content (AvgIpc) is 0.711. The van der Waals surface area contributed by atoms with Crippen LogP contribution < -0.4 is 31.1 Å². The normalized spacial score (nSPS) is 18.0. The number of amides is 2. The van der Waals surface area contributed by atoms with Gasteiger partial charge in [-0.05, 0) is 80.0 Å². The van der Waals surface area contributed by atoms with Gasteiger partial charge < -0.3 is 40.0 Å². The Bertz CT molecular complexity index is 4570. The van der Waals surface area contributed by atoms with Crippen LogP contribution in [0.1, 0.15) is 122 Å². The molecule has 484 valence electrons. The van der Waals surface area contributed by atoms with E-state index in [1.54, 1.807) is 21.7 Å². The van der Waals surface area contributed by atoms with Crippen molar-refractivity contribution in [3.63, 3.8) is 0 Å². The molecule has 12 rings (SSSR count). The topological polar surface area (TPSA) is 198 Å². The number of hydrogen-bond acceptors (Lipinski definition) is 14. The highest BCUT2D eigenvalue weighted by molar-refractivity contribution is 6.35. The maximum absolute atomic E-state index is 18.4. The molecule has 0 saturated carbocycles. The minimum Gasteiger partial charge on any atom is -0.507 e. The third-order valence-electron chi connectivity index (χ3n) is 18.4. The average molecular weight is 1310 g/mol. The Morgan fingerprint density at radius 2 is 1.09 bits per heavy atom. The summed E-state index contributed by atoms with van der Waals surface area (Å²) in [7, 11) is 1.73. The number of piperazine rings is 2. The summed E-state index contributed by atoms with van der Waals surface area (Å²) in [5.41, 5.74) is -1.38. The highest BCUT2D eigenvalue weighted by atomic mass is 35.5. The Balaban J connectivity index is 0.987. The lowest BCUT2D eigenvalue weighted by molar-refractivity contribution is -0.129. The molecule has 3 N–H and O–H groups in total. The number of nitrogens with zero attached hydrogens (tertiary/aromatic N) is 11. The van der Waals surface area contributed by atoms with E-state index in [0.29, 0.717) is 22.8 Å². The number of phenolic OH excluding ortho intramolecular Hbond substituents is 2. The van der Waals surface area contributed by atoms with Crippen molar-refractivity contribution in [1.29, 1.82) is 0 Å². The second-order valence-corrected chi connectivity index (χ2v) is 26.7. The largest absolute Gasteiger partial charge is 0.507 e. The van der Waals surface area contributed by atoms with Crippen LogP contribution in [-0.2, 0) is 9.59 Å². The lowest BCUT2D eigenvalue weighted by atomic mass is 9.94. The first-order valence-corrected chi connectivity index (χ1v) is 31.7. The Morgan fingerprint density at radius 3 is 1.58 bits per heavy atom. The first-order valence-electron chi connectivity index (χ1n) is 31.0. The summed E-state index contributed by atoms with van der Waals surface area (Å²) in [4.78, 5) is 88.4. The van der Waals surface area contributed by atoms with Gasteiger partial charge in [0.15, 0.2) is 17.5 Å². The maximum atomic E-state index is 18.4. The summed E-state index contributed by atoms with van der Waals surface area (Å²) in [6.07, 6.45) is 2.65. The molecule has 4 aromatic heterocycles. The Kier molecular flexibility index (Phi) is 16.4. The molecule has 0 spiro atoms. The van der Waals surface area contributed by atoms with Crippen LogP contribution in [-0.4, -0.2) is 131 Å². The highest BCUT2D eigenvalue weighted by Crippen LogP contribution is 2.50. The van der Waals surface area contributed by atoms with Crippen LogP contribution in [0.25, 0.3) is 61.0 Å². The molecule has 18 nitrogen and oxygen atoms in total. The Morgan fingerprint density at radius 1 is 0.624 bits per heavy atom. The number of aromatic nitrogens is 6. The van der Waals surface area contributed by atoms with E-state index in [1.165, 1.54) is 57.9 Å². The van der Waals surface area contributed by atoms with E-state index in [9.17, 15) is 15.0 Å². The summed E-state index contributed by atoms with van der Waals surface area (Å²) in [6, 6.07) is 8.04. The van der Waals surface area contributed by atoms with Gasteiger partial charge in [0.2, 0.25) is 5.91 Å². The van der Waals surface area contributed by atoms with E-state index in [2.05, 4.69) is 28.4 Å². The molecule has 2 amide bonds. The monoisotopic (exact) mass is 1310 g/mol. The van der Waals surface area contributed by atoms with Gasteiger partial charge in [-0.25, -0.2) is 37.5 Å². The predicted molar refractivity (Wildman–Crippen MR) is 356 cm³/mol. The SMILES string of the molecule is C=CC(=O)N1CC2CNc3c(c4cc(Cl)c(-c5c(O)cccc5F)c(F)c4n(-c4c(C(C)C)nc(C(=C)C(=O)N5CC6CN(C)c7c(c8cc(Cl)c(-c9c(O)cccc9F)c(F)c8n(-c8c(C(C)C)ncnc8C(C)C)c7=O)N6CC5C)nc4C(C)C)c3=O)N2CC1C. The summed E-state index contributed by atoms with van der Waals surface area (Å²) in [5, 5.41) is 25.4. The van der Waals surface area contributed by atoms with Crippen molar-refractivity contribution in [3.05, 3.63) is 157 Å². The van der Waals surface area contributed by atoms with Crippen molar-refractivity contribution in [2.75, 3.05) is 66.3 Å². The second kappa shape index (κ2) is 23.8. The van der Waals surface area contributed by atoms with Gasteiger partial charge in [-0.1, -0.05) is 104 Å². The van der Waals surface area contributed by atoms with Gasteiger partial charge >= 0.3 is 0 Å². The fourth-order valence-corrected chi connectivity index (χ4v) is 14.7. The zero-order valence-electron chi connectivity index (χ0n) is 53.3. The van der Waals surface area contributed by atoms with Gasteiger partial charge in [0.05, 0.1) is 95.4 Å². The summed E-state index contributed by atoms with van der Waals surface area (Å²) in [6.45, 7) is 27.6. The van der Waals surface area contributed by atoms with Crippen LogP contribution >= 0.6 is 23.2 Å². The number of carbonyl (C=O) groups is 2. The highest BCUT2D eigenvalue weighted by Gasteiger charge is 2.45. The summed E-state index contributed by atoms with van der Waals surface area (Å²) in [5.74, 6) is -7.87. The van der Waals surface area contributed by atoms with Crippen LogP contribution in [0.4, 0.5) is 40.3 Å². The van der Waals surface area contributed by atoms with Crippen molar-refractivity contribution in [2.24, 2.45) is 0 Å². The summed E-state index contributed by atoms with van der Waals surface area (Å²) >= 11 is 14.1. The zero-order chi connectivity index (χ0) is 67.0. The summed E-state index contributed by atoms with van der Waals surface area (Å²) < 4.78 is 71.1. The number of rotatable bonds is 11. The predicted octanol–water partition coefficient (Wildman–Crippen LogP) is 12.6. The van der Waals surface area contributed by atoms with Crippen molar-refractivity contribution >= 4 is 85.1 Å². The number of pyridine rings is 2. The van der Waals surface area contributed by atoms with Crippen LogP contribution in [0.15, 0.2) is 83.7 Å². The maximum Gasteiger partial charge on any atom is 0.281 e. The zero-order valence-corrected chi connectivity index (χ0v) is 54.8. The number of aromatic hydroxyl groups is 2. The molecule has 93 heavy (non-hydrogen) atoms. The lowest BCUT2D eigenvalue weighted by Crippen LogP contribution is -2.64. The van der Waals surface area contributed by atoms with E-state index in [1.807, 2.05) is 79.0 Å². The molecule has 4 aromatic carbocycles. The minimum atomic E-state index is -1.13. The molecule has 24 heteroatoms. The quantitative estimate of drug-likeness (QED) is 0.0816. The molecule has 8 aromatic rings. The van der Waals surface area contributed by atoms with Gasteiger partial charge in [0, 0.05) is 80.3 Å².